The van der Waals surface area contributed by atoms with Gasteiger partial charge in [-0.1, -0.05) is 43.0 Å². The highest BCUT2D eigenvalue weighted by atomic mass is 32.2. The second-order valence-corrected chi connectivity index (χ2v) is 12.5. The Hall–Kier alpha value is -2.02. The molecule has 4 atom stereocenters. The molecule has 0 spiro atoms. The quantitative estimate of drug-likeness (QED) is 0.362. The molecule has 1 aromatic carbocycles. The molecule has 4 rings (SSSR count). The number of thioether (sulfide) groups is 2. The highest BCUT2D eigenvalue weighted by molar-refractivity contribution is 8.22. The van der Waals surface area contributed by atoms with Crippen LogP contribution in [0, 0.1) is 0 Å². The first-order valence-corrected chi connectivity index (χ1v) is 13.3. The zero-order chi connectivity index (χ0) is 24.8. The van der Waals surface area contributed by atoms with Gasteiger partial charge in [-0.15, -0.1) is 11.8 Å². The number of hydrogen-bond donors (Lipinski definition) is 3. The normalized spacial score (nSPS) is 27.2. The monoisotopic (exact) mass is 524 g/mol. The van der Waals surface area contributed by atoms with Crippen LogP contribution in [0.3, 0.4) is 0 Å². The van der Waals surface area contributed by atoms with Crippen LogP contribution in [-0.4, -0.2) is 88.3 Å². The average molecular weight is 525 g/mol. The molecule has 3 heterocycles. The Morgan fingerprint density at radius 3 is 2.59 bits per heavy atom. The van der Waals surface area contributed by atoms with Gasteiger partial charge in [0.1, 0.15) is 33.6 Å². The van der Waals surface area contributed by atoms with E-state index in [-0.39, 0.29) is 17.6 Å². The van der Waals surface area contributed by atoms with Gasteiger partial charge in [0.15, 0.2) is 0 Å². The van der Waals surface area contributed by atoms with Gasteiger partial charge in [0.2, 0.25) is 11.8 Å². The molecular formula is C22H28N4O5S3. The maximum absolute atomic E-state index is 13.6. The molecule has 0 saturated carbocycles. The summed E-state index contributed by atoms with van der Waals surface area (Å²) in [6, 6.07) is 4.04. The van der Waals surface area contributed by atoms with Crippen LogP contribution >= 0.6 is 35.7 Å². The van der Waals surface area contributed by atoms with E-state index in [2.05, 4.69) is 12.2 Å². The molecule has 2 amide bonds. The van der Waals surface area contributed by atoms with Gasteiger partial charge in [-0.3, -0.25) is 14.5 Å². The highest BCUT2D eigenvalue weighted by Gasteiger charge is 2.64. The number of aliphatic carboxylic acids is 1. The van der Waals surface area contributed by atoms with E-state index in [9.17, 15) is 24.6 Å². The van der Waals surface area contributed by atoms with Gasteiger partial charge in [-0.05, 0) is 38.0 Å². The van der Waals surface area contributed by atoms with Crippen LogP contribution in [0.5, 0.6) is 5.75 Å². The molecule has 1 aromatic rings. The Kier molecular flexibility index (Phi) is 7.05. The lowest BCUT2D eigenvalue weighted by Crippen LogP contribution is -2.71. The van der Waals surface area contributed by atoms with Crippen molar-refractivity contribution in [2.75, 3.05) is 19.1 Å². The van der Waals surface area contributed by atoms with E-state index in [1.54, 1.807) is 26.0 Å². The molecule has 3 aliphatic heterocycles. The number of nitrogens with one attached hydrogen (secondary N) is 1. The number of thiocarbonyl (C=S) groups is 1. The van der Waals surface area contributed by atoms with Gasteiger partial charge < -0.3 is 25.3 Å². The zero-order valence-electron chi connectivity index (χ0n) is 19.1. The number of aromatic hydroxyl groups is 1. The first-order valence-electron chi connectivity index (χ1n) is 11.0. The average Bonchev–Trinajstić information content (AvgIpc) is 3.04. The molecule has 0 aromatic heterocycles. The number of carbonyl (C=O) groups excluding carboxylic acids is 2. The summed E-state index contributed by atoms with van der Waals surface area (Å²) in [4.78, 5) is 43.7. The number of hydrogen-bond acceptors (Lipinski definition) is 8. The number of nitrogens with zero attached hydrogens (tertiary/aromatic N) is 3. The van der Waals surface area contributed by atoms with Gasteiger partial charge >= 0.3 is 5.97 Å². The van der Waals surface area contributed by atoms with Crippen molar-refractivity contribution in [3.05, 3.63) is 29.8 Å². The lowest BCUT2D eigenvalue weighted by molar-refractivity contribution is -0.161. The predicted octanol–water partition coefficient (Wildman–Crippen LogP) is 2.03. The van der Waals surface area contributed by atoms with Crippen molar-refractivity contribution < 1.29 is 24.6 Å². The Labute approximate surface area is 212 Å². The van der Waals surface area contributed by atoms with Crippen LogP contribution in [-0.2, 0) is 14.4 Å². The van der Waals surface area contributed by atoms with E-state index in [1.165, 1.54) is 40.6 Å². The third-order valence-corrected chi connectivity index (χ3v) is 9.40. The Bertz CT molecular complexity index is 1000. The Morgan fingerprint density at radius 1 is 1.29 bits per heavy atom. The molecule has 3 fully saturated rings. The Morgan fingerprint density at radius 2 is 1.97 bits per heavy atom. The number of amides is 2. The number of benzene rings is 1. The van der Waals surface area contributed by atoms with Crippen molar-refractivity contribution >= 4 is 57.8 Å². The summed E-state index contributed by atoms with van der Waals surface area (Å²) in [5, 5.41) is 21.8. The van der Waals surface area contributed by atoms with Crippen molar-refractivity contribution in [1.82, 2.24) is 20.0 Å². The fourth-order valence-electron chi connectivity index (χ4n) is 4.70. The van der Waals surface area contributed by atoms with Gasteiger partial charge in [0.05, 0.1) is 12.5 Å². The minimum Gasteiger partial charge on any atom is -0.508 e. The fourth-order valence-corrected chi connectivity index (χ4v) is 7.47. The molecule has 3 aliphatic rings. The minimum atomic E-state index is -1.04. The number of rotatable bonds is 7. The molecular weight excluding hydrogens is 496 g/mol. The number of fused-ring (bicyclic) bond motifs is 1. The molecule has 3 N–H and O–H groups in total. The number of carboxylic acids is 1. The van der Waals surface area contributed by atoms with E-state index in [4.69, 9.17) is 12.2 Å². The summed E-state index contributed by atoms with van der Waals surface area (Å²) in [5.74, 6) is -1.16. The van der Waals surface area contributed by atoms with E-state index in [0.717, 1.165) is 17.3 Å². The second kappa shape index (κ2) is 9.56. The number of carbonyl (C=O) groups is 3. The third kappa shape index (κ3) is 4.48. The number of carboxylic acid groups (broad SMARTS) is 1. The van der Waals surface area contributed by atoms with Gasteiger partial charge in [0, 0.05) is 11.3 Å². The van der Waals surface area contributed by atoms with E-state index >= 15 is 0 Å². The van der Waals surface area contributed by atoms with Crippen LogP contribution in [0.15, 0.2) is 24.3 Å². The zero-order valence-corrected chi connectivity index (χ0v) is 21.6. The molecule has 34 heavy (non-hydrogen) atoms. The molecule has 0 unspecified atom stereocenters. The van der Waals surface area contributed by atoms with E-state index < -0.39 is 34.2 Å². The van der Waals surface area contributed by atoms with Crippen molar-refractivity contribution in [3.8, 4) is 5.75 Å². The summed E-state index contributed by atoms with van der Waals surface area (Å²) < 4.78 is 0.124. The summed E-state index contributed by atoms with van der Waals surface area (Å²) >= 11 is 8.36. The van der Waals surface area contributed by atoms with Crippen LogP contribution < -0.4 is 5.32 Å². The van der Waals surface area contributed by atoms with Crippen LogP contribution in [0.1, 0.15) is 38.8 Å². The topological polar surface area (TPSA) is 113 Å². The van der Waals surface area contributed by atoms with Gasteiger partial charge in [-0.25, -0.2) is 4.79 Å². The molecule has 0 radical (unpaired) electrons. The summed E-state index contributed by atoms with van der Waals surface area (Å²) in [6.45, 7) is 6.91. The molecule has 9 nitrogen and oxygen atoms in total. The molecule has 0 aliphatic carbocycles. The predicted molar refractivity (Wildman–Crippen MR) is 135 cm³/mol. The molecule has 12 heteroatoms. The lowest BCUT2D eigenvalue weighted by Gasteiger charge is -2.45. The van der Waals surface area contributed by atoms with Gasteiger partial charge in [0.25, 0.3) is 0 Å². The number of phenols is 1. The van der Waals surface area contributed by atoms with Crippen LogP contribution in [0.25, 0.3) is 0 Å². The summed E-state index contributed by atoms with van der Waals surface area (Å²) in [6.07, 6.45) is 0.913. The van der Waals surface area contributed by atoms with Crippen molar-refractivity contribution in [2.24, 2.45) is 0 Å². The molecule has 3 saturated heterocycles. The number of β-lactam (4-membered cyclic amide) rings is 1. The largest absolute Gasteiger partial charge is 0.508 e. The summed E-state index contributed by atoms with van der Waals surface area (Å²) in [5.41, 5.74) is 0.687. The van der Waals surface area contributed by atoms with Crippen molar-refractivity contribution in [1.29, 1.82) is 0 Å². The number of phenolic OH excluding ortho intramolecular Hbond substituents is 1. The van der Waals surface area contributed by atoms with Crippen molar-refractivity contribution in [2.45, 2.75) is 55.4 Å². The Balaban J connectivity index is 1.56. The first kappa shape index (κ1) is 25.1. The van der Waals surface area contributed by atoms with Crippen LogP contribution in [0.4, 0.5) is 0 Å². The molecule has 0 bridgehead atoms. The minimum absolute atomic E-state index is 0.0961. The maximum atomic E-state index is 13.6. The SMILES string of the molecule is CCCN1CN([C@@H](C(=O)N[C@H]2C(=O)N3[C@@H]2SC(C)(C)[C@H]3C(=O)O)c2ccc(O)cc2)CSC1=S. The van der Waals surface area contributed by atoms with Crippen LogP contribution in [0.2, 0.25) is 0 Å². The summed E-state index contributed by atoms with van der Waals surface area (Å²) in [7, 11) is 0. The lowest BCUT2D eigenvalue weighted by atomic mass is 9.95. The van der Waals surface area contributed by atoms with Gasteiger partial charge in [-0.2, -0.15) is 0 Å². The maximum Gasteiger partial charge on any atom is 0.327 e. The standard InChI is InChI=1S/C22H28N4O5S3/c1-4-9-24-10-25(11-33-21(24)32)15(12-5-7-13(27)8-6-12)17(28)23-14-18(29)26-16(20(30)31)22(2,3)34-19(14)26/h5-8,14-16,19,27H,4,9-11H2,1-3H3,(H,23,28)(H,30,31)/t14-,15+,16+,19+/m0/s1. The second-order valence-electron chi connectivity index (χ2n) is 9.11. The smallest absolute Gasteiger partial charge is 0.327 e. The first-order chi connectivity index (χ1) is 16.0. The van der Waals surface area contributed by atoms with Crippen molar-refractivity contribution in [3.63, 3.8) is 0 Å². The highest BCUT2D eigenvalue weighted by Crippen LogP contribution is 2.50. The third-order valence-electron chi connectivity index (χ3n) is 6.25. The van der Waals surface area contributed by atoms with E-state index in [1.807, 2.05) is 9.80 Å². The fraction of sp³-hybridized carbons (Fsp3) is 0.545. The molecule has 184 valence electrons. The van der Waals surface area contributed by atoms with E-state index in [0.29, 0.717) is 18.1 Å².